The van der Waals surface area contributed by atoms with Gasteiger partial charge in [-0.2, -0.15) is 4.98 Å². The SMILES string of the molecule is Cc1cnc(Nc2ccc(C(=O)N3CCCC3)cc2)nc1Nc1ccc2oc(=O)[nH]c2c1. The first-order valence-electron chi connectivity index (χ1n) is 10.4. The van der Waals surface area contributed by atoms with E-state index in [0.29, 0.717) is 28.4 Å². The molecule has 162 valence electrons. The maximum Gasteiger partial charge on any atom is 0.417 e. The van der Waals surface area contributed by atoms with Crippen LogP contribution in [0.3, 0.4) is 0 Å². The molecule has 0 saturated carbocycles. The second-order valence-corrected chi connectivity index (χ2v) is 7.78. The average Bonchev–Trinajstić information content (AvgIpc) is 3.45. The number of rotatable bonds is 5. The summed E-state index contributed by atoms with van der Waals surface area (Å²) in [5.74, 6) is 0.640. The molecule has 0 bridgehead atoms. The van der Waals surface area contributed by atoms with E-state index in [9.17, 15) is 9.59 Å². The summed E-state index contributed by atoms with van der Waals surface area (Å²) in [4.78, 5) is 37.3. The van der Waals surface area contributed by atoms with Crippen LogP contribution in [-0.2, 0) is 0 Å². The smallest absolute Gasteiger partial charge is 0.408 e. The highest BCUT2D eigenvalue weighted by Crippen LogP contribution is 2.23. The van der Waals surface area contributed by atoms with Crippen molar-refractivity contribution in [3.63, 3.8) is 0 Å². The Morgan fingerprint density at radius 2 is 1.81 bits per heavy atom. The number of oxazole rings is 1. The van der Waals surface area contributed by atoms with Crippen LogP contribution in [0.4, 0.5) is 23.1 Å². The number of nitrogens with one attached hydrogen (secondary N) is 3. The lowest BCUT2D eigenvalue weighted by molar-refractivity contribution is 0.0793. The summed E-state index contributed by atoms with van der Waals surface area (Å²) in [6.07, 6.45) is 3.86. The molecule has 3 heterocycles. The van der Waals surface area contributed by atoms with Crippen LogP contribution in [0.25, 0.3) is 11.1 Å². The molecule has 0 spiro atoms. The summed E-state index contributed by atoms with van der Waals surface area (Å²) in [5, 5.41) is 6.43. The predicted molar refractivity (Wildman–Crippen MR) is 122 cm³/mol. The van der Waals surface area contributed by atoms with Gasteiger partial charge in [0.25, 0.3) is 5.91 Å². The maximum atomic E-state index is 12.5. The fraction of sp³-hybridized carbons (Fsp3) is 0.217. The van der Waals surface area contributed by atoms with Crippen LogP contribution in [0.1, 0.15) is 28.8 Å². The van der Waals surface area contributed by atoms with Crippen LogP contribution in [0.15, 0.2) is 57.9 Å². The minimum atomic E-state index is -0.491. The highest BCUT2D eigenvalue weighted by molar-refractivity contribution is 5.94. The van der Waals surface area contributed by atoms with Gasteiger partial charge in [-0.25, -0.2) is 9.78 Å². The second kappa shape index (κ2) is 8.18. The van der Waals surface area contributed by atoms with E-state index in [4.69, 9.17) is 4.42 Å². The second-order valence-electron chi connectivity index (χ2n) is 7.78. The molecular weight excluding hydrogens is 408 g/mol. The van der Waals surface area contributed by atoms with Gasteiger partial charge in [0.05, 0.1) is 5.52 Å². The van der Waals surface area contributed by atoms with Crippen LogP contribution in [0, 0.1) is 6.92 Å². The number of nitrogens with zero attached hydrogens (tertiary/aromatic N) is 3. The number of fused-ring (bicyclic) bond motifs is 1. The number of carbonyl (C=O) groups excluding carboxylic acids is 1. The van der Waals surface area contributed by atoms with E-state index in [1.54, 1.807) is 18.3 Å². The van der Waals surface area contributed by atoms with Crippen molar-refractivity contribution >= 4 is 40.1 Å². The van der Waals surface area contributed by atoms with Gasteiger partial charge in [0.1, 0.15) is 5.82 Å². The predicted octanol–water partition coefficient (Wildman–Crippen LogP) is 3.94. The molecule has 32 heavy (non-hydrogen) atoms. The standard InChI is InChI=1S/C23H22N6O3/c1-14-13-24-22(26-16-6-4-15(5-7-16)21(30)29-10-2-3-11-29)28-20(14)25-17-8-9-19-18(12-17)27-23(31)32-19/h4-9,12-13H,2-3,10-11H2,1H3,(H,27,31)(H2,24,25,26,28). The van der Waals surface area contributed by atoms with Gasteiger partial charge >= 0.3 is 5.76 Å². The number of aromatic amines is 1. The molecule has 5 rings (SSSR count). The van der Waals surface area contributed by atoms with Crippen molar-refractivity contribution in [2.24, 2.45) is 0 Å². The number of amides is 1. The number of aryl methyl sites for hydroxylation is 1. The molecule has 1 fully saturated rings. The van der Waals surface area contributed by atoms with Crippen molar-refractivity contribution < 1.29 is 9.21 Å². The zero-order chi connectivity index (χ0) is 22.1. The lowest BCUT2D eigenvalue weighted by Crippen LogP contribution is -2.27. The molecule has 0 atom stereocenters. The van der Waals surface area contributed by atoms with Gasteiger partial charge in [0.15, 0.2) is 5.58 Å². The minimum absolute atomic E-state index is 0.0723. The molecule has 1 aliphatic rings. The third-order valence-electron chi connectivity index (χ3n) is 5.43. The molecule has 1 saturated heterocycles. The van der Waals surface area contributed by atoms with E-state index >= 15 is 0 Å². The van der Waals surface area contributed by atoms with Gasteiger partial charge in [-0.15, -0.1) is 0 Å². The van der Waals surface area contributed by atoms with Gasteiger partial charge in [0.2, 0.25) is 5.95 Å². The van der Waals surface area contributed by atoms with Crippen molar-refractivity contribution in [1.29, 1.82) is 0 Å². The number of hydrogen-bond acceptors (Lipinski definition) is 7. The topological polar surface area (TPSA) is 116 Å². The molecule has 2 aromatic heterocycles. The number of likely N-dealkylation sites (tertiary alicyclic amines) is 1. The summed E-state index contributed by atoms with van der Waals surface area (Å²) in [6.45, 7) is 3.56. The van der Waals surface area contributed by atoms with E-state index in [-0.39, 0.29) is 5.91 Å². The van der Waals surface area contributed by atoms with Crippen LogP contribution in [0.5, 0.6) is 0 Å². The number of H-pyrrole nitrogens is 1. The molecule has 3 N–H and O–H groups in total. The van der Waals surface area contributed by atoms with E-state index in [1.807, 2.05) is 42.2 Å². The number of hydrogen-bond donors (Lipinski definition) is 3. The Hall–Kier alpha value is -4.14. The molecule has 2 aromatic carbocycles. The van der Waals surface area contributed by atoms with Crippen molar-refractivity contribution in [3.8, 4) is 0 Å². The monoisotopic (exact) mass is 430 g/mol. The summed E-state index contributed by atoms with van der Waals surface area (Å²) in [7, 11) is 0. The van der Waals surface area contributed by atoms with Crippen molar-refractivity contribution in [2.45, 2.75) is 19.8 Å². The minimum Gasteiger partial charge on any atom is -0.408 e. The quantitative estimate of drug-likeness (QED) is 0.439. The van der Waals surface area contributed by atoms with Gasteiger partial charge < -0.3 is 20.0 Å². The Bertz CT molecular complexity index is 1340. The van der Waals surface area contributed by atoms with E-state index in [2.05, 4.69) is 25.6 Å². The van der Waals surface area contributed by atoms with Gasteiger partial charge in [0, 0.05) is 41.8 Å². The Balaban J connectivity index is 1.31. The molecule has 0 radical (unpaired) electrons. The number of anilines is 4. The third kappa shape index (κ3) is 4.04. The highest BCUT2D eigenvalue weighted by atomic mass is 16.4. The molecule has 9 heteroatoms. The zero-order valence-corrected chi connectivity index (χ0v) is 17.5. The molecule has 0 aliphatic carbocycles. The molecule has 1 amide bonds. The Labute approximate surface area is 183 Å². The highest BCUT2D eigenvalue weighted by Gasteiger charge is 2.19. The lowest BCUT2D eigenvalue weighted by Gasteiger charge is -2.15. The fourth-order valence-electron chi connectivity index (χ4n) is 3.72. The normalized spacial score (nSPS) is 13.5. The van der Waals surface area contributed by atoms with Crippen LogP contribution >= 0.6 is 0 Å². The van der Waals surface area contributed by atoms with Crippen molar-refractivity contribution in [3.05, 3.63) is 70.3 Å². The van der Waals surface area contributed by atoms with Crippen LogP contribution in [-0.4, -0.2) is 38.8 Å². The Kier molecular flexibility index (Phi) is 5.06. The molecule has 0 unspecified atom stereocenters. The Morgan fingerprint density at radius 3 is 2.59 bits per heavy atom. The van der Waals surface area contributed by atoms with Crippen LogP contribution < -0.4 is 16.4 Å². The summed E-state index contributed by atoms with van der Waals surface area (Å²) in [6, 6.07) is 12.6. The number of aromatic nitrogens is 3. The van der Waals surface area contributed by atoms with E-state index < -0.39 is 5.76 Å². The molecular formula is C23H22N6O3. The van der Waals surface area contributed by atoms with Crippen molar-refractivity contribution in [2.75, 3.05) is 23.7 Å². The third-order valence-corrected chi connectivity index (χ3v) is 5.43. The maximum absolute atomic E-state index is 12.5. The Morgan fingerprint density at radius 1 is 1.06 bits per heavy atom. The first kappa shape index (κ1) is 19.8. The summed E-state index contributed by atoms with van der Waals surface area (Å²) in [5.41, 5.74) is 4.19. The van der Waals surface area contributed by atoms with E-state index in [1.165, 1.54) is 0 Å². The first-order valence-corrected chi connectivity index (χ1v) is 10.4. The van der Waals surface area contributed by atoms with Crippen LogP contribution in [0.2, 0.25) is 0 Å². The summed E-state index contributed by atoms with van der Waals surface area (Å²) < 4.78 is 5.04. The summed E-state index contributed by atoms with van der Waals surface area (Å²) >= 11 is 0. The fourth-order valence-corrected chi connectivity index (χ4v) is 3.72. The van der Waals surface area contributed by atoms with Gasteiger partial charge in [-0.1, -0.05) is 0 Å². The number of benzene rings is 2. The largest absolute Gasteiger partial charge is 0.417 e. The molecule has 1 aliphatic heterocycles. The van der Waals surface area contributed by atoms with Gasteiger partial charge in [-0.3, -0.25) is 9.78 Å². The number of carbonyl (C=O) groups is 1. The first-order chi connectivity index (χ1) is 15.5. The average molecular weight is 430 g/mol. The zero-order valence-electron chi connectivity index (χ0n) is 17.5. The lowest BCUT2D eigenvalue weighted by atomic mass is 10.2. The molecule has 9 nitrogen and oxygen atoms in total. The van der Waals surface area contributed by atoms with E-state index in [0.717, 1.165) is 42.9 Å². The molecule has 4 aromatic rings. The van der Waals surface area contributed by atoms with Crippen molar-refractivity contribution in [1.82, 2.24) is 19.9 Å². The van der Waals surface area contributed by atoms with Gasteiger partial charge in [-0.05, 0) is 62.2 Å².